The average molecular weight is 355 g/mol. The highest BCUT2D eigenvalue weighted by Gasteiger charge is 2.22. The standard InChI is InChI=1S/C17H17N5O4/c1-25-16(23)15(9-13-3-2-8-19-10-13)20-17(24)26-11-12-4-6-14(7-5-12)21-22-18/h2-8,10,15H,9,11H2,1H3,(H,20,24)/t15-/m0/s1. The van der Waals surface area contributed by atoms with E-state index < -0.39 is 18.1 Å². The first kappa shape index (κ1) is 18.8. The minimum atomic E-state index is -0.885. The Kier molecular flexibility index (Phi) is 6.96. The van der Waals surface area contributed by atoms with Crippen molar-refractivity contribution in [2.24, 2.45) is 5.11 Å². The van der Waals surface area contributed by atoms with E-state index in [1.807, 2.05) is 0 Å². The van der Waals surface area contributed by atoms with Gasteiger partial charge in [0.2, 0.25) is 0 Å². The van der Waals surface area contributed by atoms with E-state index in [9.17, 15) is 9.59 Å². The molecule has 0 aliphatic carbocycles. The van der Waals surface area contributed by atoms with Gasteiger partial charge in [0, 0.05) is 29.4 Å². The molecule has 9 heteroatoms. The maximum atomic E-state index is 12.0. The zero-order chi connectivity index (χ0) is 18.8. The molecule has 1 aromatic carbocycles. The fourth-order valence-electron chi connectivity index (χ4n) is 2.13. The zero-order valence-electron chi connectivity index (χ0n) is 14.0. The van der Waals surface area contributed by atoms with Crippen LogP contribution in [0.25, 0.3) is 10.4 Å². The Morgan fingerprint density at radius 3 is 2.65 bits per heavy atom. The number of aromatic nitrogens is 1. The monoisotopic (exact) mass is 355 g/mol. The van der Waals surface area contributed by atoms with Crippen molar-refractivity contribution in [1.82, 2.24) is 10.3 Å². The Morgan fingerprint density at radius 2 is 2.04 bits per heavy atom. The number of benzene rings is 1. The van der Waals surface area contributed by atoms with Crippen molar-refractivity contribution in [3.63, 3.8) is 0 Å². The minimum absolute atomic E-state index is 0.00314. The smallest absolute Gasteiger partial charge is 0.408 e. The number of carbonyl (C=O) groups is 2. The molecule has 0 saturated heterocycles. The molecule has 1 heterocycles. The van der Waals surface area contributed by atoms with Crippen LogP contribution in [-0.2, 0) is 27.3 Å². The number of nitrogens with zero attached hydrogens (tertiary/aromatic N) is 4. The van der Waals surface area contributed by atoms with Crippen LogP contribution in [0.5, 0.6) is 0 Å². The van der Waals surface area contributed by atoms with Gasteiger partial charge >= 0.3 is 12.1 Å². The molecule has 0 spiro atoms. The highest BCUT2D eigenvalue weighted by atomic mass is 16.6. The Balaban J connectivity index is 1.91. The summed E-state index contributed by atoms with van der Waals surface area (Å²) in [5, 5.41) is 5.94. The lowest BCUT2D eigenvalue weighted by Crippen LogP contribution is -2.43. The quantitative estimate of drug-likeness (QED) is 0.353. The molecule has 0 aliphatic rings. The Hall–Kier alpha value is -3.58. The Bertz CT molecular complexity index is 789. The summed E-state index contributed by atoms with van der Waals surface area (Å²) in [6.07, 6.45) is 2.71. The second-order valence-electron chi connectivity index (χ2n) is 5.22. The van der Waals surface area contributed by atoms with Crippen molar-refractivity contribution in [2.45, 2.75) is 19.1 Å². The lowest BCUT2D eigenvalue weighted by atomic mass is 10.1. The third-order valence-corrected chi connectivity index (χ3v) is 3.41. The van der Waals surface area contributed by atoms with E-state index >= 15 is 0 Å². The molecular weight excluding hydrogens is 338 g/mol. The molecule has 0 radical (unpaired) electrons. The Morgan fingerprint density at radius 1 is 1.27 bits per heavy atom. The minimum Gasteiger partial charge on any atom is -0.467 e. The van der Waals surface area contributed by atoms with Gasteiger partial charge in [0.15, 0.2) is 0 Å². The van der Waals surface area contributed by atoms with Gasteiger partial charge in [0.25, 0.3) is 0 Å². The number of amides is 1. The number of methoxy groups -OCH3 is 1. The molecular formula is C17H17N5O4. The summed E-state index contributed by atoms with van der Waals surface area (Å²) in [6.45, 7) is 0.00314. The molecule has 1 amide bonds. The highest BCUT2D eigenvalue weighted by molar-refractivity contribution is 5.81. The number of esters is 1. The van der Waals surface area contributed by atoms with Crippen LogP contribution in [0.2, 0.25) is 0 Å². The normalized spacial score (nSPS) is 11.0. The summed E-state index contributed by atoms with van der Waals surface area (Å²) < 4.78 is 9.83. The van der Waals surface area contributed by atoms with Crippen LogP contribution >= 0.6 is 0 Å². The molecule has 26 heavy (non-hydrogen) atoms. The number of nitrogens with one attached hydrogen (secondary N) is 1. The second-order valence-corrected chi connectivity index (χ2v) is 5.22. The molecule has 0 fully saturated rings. The maximum absolute atomic E-state index is 12.0. The van der Waals surface area contributed by atoms with Gasteiger partial charge in [-0.15, -0.1) is 0 Å². The van der Waals surface area contributed by atoms with E-state index in [-0.39, 0.29) is 13.0 Å². The molecule has 2 rings (SSSR count). The summed E-state index contributed by atoms with van der Waals surface area (Å²) in [5.41, 5.74) is 10.3. The van der Waals surface area contributed by atoms with E-state index in [1.54, 1.807) is 48.8 Å². The molecule has 0 unspecified atom stereocenters. The van der Waals surface area contributed by atoms with Crippen LogP contribution in [0, 0.1) is 0 Å². The van der Waals surface area contributed by atoms with E-state index in [2.05, 4.69) is 20.3 Å². The summed E-state index contributed by atoms with van der Waals surface area (Å²) in [5.74, 6) is -0.579. The van der Waals surface area contributed by atoms with Gasteiger partial charge in [-0.2, -0.15) is 0 Å². The van der Waals surface area contributed by atoms with Crippen molar-refractivity contribution >= 4 is 17.7 Å². The van der Waals surface area contributed by atoms with Crippen molar-refractivity contribution < 1.29 is 19.1 Å². The molecule has 0 aliphatic heterocycles. The largest absolute Gasteiger partial charge is 0.467 e. The lowest BCUT2D eigenvalue weighted by molar-refractivity contribution is -0.143. The fraction of sp³-hybridized carbons (Fsp3) is 0.235. The van der Waals surface area contributed by atoms with Gasteiger partial charge in [-0.3, -0.25) is 4.98 Å². The molecule has 9 nitrogen and oxygen atoms in total. The number of hydrogen-bond acceptors (Lipinski definition) is 6. The lowest BCUT2D eigenvalue weighted by Gasteiger charge is -2.16. The molecule has 0 saturated carbocycles. The number of carbonyl (C=O) groups excluding carboxylic acids is 2. The third-order valence-electron chi connectivity index (χ3n) is 3.41. The first-order chi connectivity index (χ1) is 12.6. The van der Waals surface area contributed by atoms with Crippen LogP contribution in [0.3, 0.4) is 0 Å². The summed E-state index contributed by atoms with van der Waals surface area (Å²) in [7, 11) is 1.25. The van der Waals surface area contributed by atoms with E-state index in [0.717, 1.165) is 5.56 Å². The summed E-state index contributed by atoms with van der Waals surface area (Å²) >= 11 is 0. The SMILES string of the molecule is COC(=O)[C@H](Cc1cccnc1)NC(=O)OCc1ccc(N=[N+]=[N-])cc1. The molecule has 134 valence electrons. The van der Waals surface area contributed by atoms with Gasteiger partial charge in [0.05, 0.1) is 7.11 Å². The van der Waals surface area contributed by atoms with Crippen molar-refractivity contribution in [3.8, 4) is 0 Å². The van der Waals surface area contributed by atoms with E-state index in [1.165, 1.54) is 7.11 Å². The molecule has 1 N–H and O–H groups in total. The van der Waals surface area contributed by atoms with E-state index in [0.29, 0.717) is 11.3 Å². The predicted octanol–water partition coefficient (Wildman–Crippen LogP) is 3.03. The zero-order valence-corrected chi connectivity index (χ0v) is 14.0. The van der Waals surface area contributed by atoms with Gasteiger partial charge in [-0.25, -0.2) is 9.59 Å². The second kappa shape index (κ2) is 9.65. The topological polar surface area (TPSA) is 126 Å². The number of azide groups is 1. The fourth-order valence-corrected chi connectivity index (χ4v) is 2.13. The number of alkyl carbamates (subject to hydrolysis) is 1. The number of pyridine rings is 1. The first-order valence-corrected chi connectivity index (χ1v) is 7.66. The molecule has 2 aromatic rings. The average Bonchev–Trinajstić information content (AvgIpc) is 2.67. The number of rotatable bonds is 7. The van der Waals surface area contributed by atoms with Crippen molar-refractivity contribution in [1.29, 1.82) is 0 Å². The van der Waals surface area contributed by atoms with Gasteiger partial charge < -0.3 is 14.8 Å². The van der Waals surface area contributed by atoms with Crippen LogP contribution in [-0.4, -0.2) is 30.2 Å². The van der Waals surface area contributed by atoms with Gasteiger partial charge in [-0.05, 0) is 22.7 Å². The van der Waals surface area contributed by atoms with Crippen LogP contribution in [0.15, 0.2) is 53.9 Å². The first-order valence-electron chi connectivity index (χ1n) is 7.66. The number of ether oxygens (including phenoxy) is 2. The molecule has 0 bridgehead atoms. The van der Waals surface area contributed by atoms with Gasteiger partial charge in [0.1, 0.15) is 12.6 Å². The highest BCUT2D eigenvalue weighted by Crippen LogP contribution is 2.13. The summed E-state index contributed by atoms with van der Waals surface area (Å²) in [4.78, 5) is 30.5. The predicted molar refractivity (Wildman–Crippen MR) is 92.3 cm³/mol. The van der Waals surface area contributed by atoms with Crippen LogP contribution in [0.1, 0.15) is 11.1 Å². The number of hydrogen-bond donors (Lipinski definition) is 1. The Labute approximate surface area is 149 Å². The van der Waals surface area contributed by atoms with Gasteiger partial charge in [-0.1, -0.05) is 35.4 Å². The molecule has 1 atom stereocenters. The summed E-state index contributed by atoms with van der Waals surface area (Å²) in [6, 6.07) is 9.20. The van der Waals surface area contributed by atoms with Crippen molar-refractivity contribution in [2.75, 3.05) is 7.11 Å². The third kappa shape index (κ3) is 5.81. The van der Waals surface area contributed by atoms with Crippen molar-refractivity contribution in [3.05, 3.63) is 70.4 Å². The van der Waals surface area contributed by atoms with Crippen LogP contribution in [0.4, 0.5) is 10.5 Å². The van der Waals surface area contributed by atoms with E-state index in [4.69, 9.17) is 15.0 Å². The maximum Gasteiger partial charge on any atom is 0.408 e. The van der Waals surface area contributed by atoms with Crippen LogP contribution < -0.4 is 5.32 Å². The molecule has 1 aromatic heterocycles.